The molecule has 142 valence electrons. The topological polar surface area (TPSA) is 52.6 Å². The highest BCUT2D eigenvalue weighted by Crippen LogP contribution is 2.07. The second-order valence-corrected chi connectivity index (χ2v) is 6.54. The van der Waals surface area contributed by atoms with Gasteiger partial charge in [0.2, 0.25) is 0 Å². The van der Waals surface area contributed by atoms with Crippen molar-refractivity contribution in [2.24, 2.45) is 0 Å². The molecule has 0 aliphatic rings. The third kappa shape index (κ3) is 17.6. The van der Waals surface area contributed by atoms with Crippen molar-refractivity contribution in [1.29, 1.82) is 0 Å². The highest BCUT2D eigenvalue weighted by atomic mass is 35.5. The van der Waals surface area contributed by atoms with Crippen molar-refractivity contribution in [2.75, 3.05) is 19.1 Å². The second-order valence-electron chi connectivity index (χ2n) is 6.17. The molecule has 0 radical (unpaired) electrons. The van der Waals surface area contributed by atoms with Crippen molar-refractivity contribution in [3.8, 4) is 0 Å². The molecule has 0 aromatic carbocycles. The van der Waals surface area contributed by atoms with Crippen molar-refractivity contribution in [3.05, 3.63) is 0 Å². The number of hydrogen-bond donors (Lipinski definition) is 0. The monoisotopic (exact) mass is 362 g/mol. The Labute approximate surface area is 152 Å². The van der Waals surface area contributed by atoms with E-state index >= 15 is 0 Å². The third-order valence-corrected chi connectivity index (χ3v) is 4.10. The van der Waals surface area contributed by atoms with Gasteiger partial charge in [-0.1, -0.05) is 58.3 Å². The Morgan fingerprint density at radius 2 is 1.08 bits per heavy atom. The first-order valence-corrected chi connectivity index (χ1v) is 10.1. The van der Waals surface area contributed by atoms with Gasteiger partial charge in [0.25, 0.3) is 0 Å². The maximum atomic E-state index is 11.5. The van der Waals surface area contributed by atoms with E-state index in [0.717, 1.165) is 44.4 Å². The number of rotatable bonds is 17. The standard InChI is InChI=1S/C19H35ClO4/c1-2-3-4-8-11-16-23-18(21)13-14-19(22)24-17-12-9-6-5-7-10-15-20/h2-17H2,1H3. The molecule has 0 spiro atoms. The number of hydrogen-bond acceptors (Lipinski definition) is 4. The lowest BCUT2D eigenvalue weighted by atomic mass is 10.1. The van der Waals surface area contributed by atoms with E-state index in [1.54, 1.807) is 0 Å². The average molecular weight is 363 g/mol. The van der Waals surface area contributed by atoms with Crippen molar-refractivity contribution in [2.45, 2.75) is 90.4 Å². The quantitative estimate of drug-likeness (QED) is 0.197. The number of alkyl halides is 1. The zero-order valence-electron chi connectivity index (χ0n) is 15.3. The van der Waals surface area contributed by atoms with Gasteiger partial charge in [0.15, 0.2) is 0 Å². The zero-order chi connectivity index (χ0) is 17.9. The van der Waals surface area contributed by atoms with Gasteiger partial charge in [0.1, 0.15) is 0 Å². The highest BCUT2D eigenvalue weighted by Gasteiger charge is 2.08. The summed E-state index contributed by atoms with van der Waals surface area (Å²) in [6, 6.07) is 0. The van der Waals surface area contributed by atoms with Crippen molar-refractivity contribution >= 4 is 23.5 Å². The van der Waals surface area contributed by atoms with Crippen LogP contribution in [0.2, 0.25) is 0 Å². The molecule has 0 aliphatic heterocycles. The minimum absolute atomic E-state index is 0.115. The molecule has 0 aliphatic carbocycles. The molecular weight excluding hydrogens is 328 g/mol. The summed E-state index contributed by atoms with van der Waals surface area (Å²) >= 11 is 5.61. The normalized spacial score (nSPS) is 10.6. The molecule has 0 aromatic heterocycles. The fourth-order valence-corrected chi connectivity index (χ4v) is 2.52. The largest absolute Gasteiger partial charge is 0.466 e. The molecular formula is C19H35ClO4. The number of halogens is 1. The average Bonchev–Trinajstić information content (AvgIpc) is 2.58. The fourth-order valence-electron chi connectivity index (χ4n) is 2.33. The summed E-state index contributed by atoms with van der Waals surface area (Å²) in [4.78, 5) is 23.0. The van der Waals surface area contributed by atoms with E-state index in [4.69, 9.17) is 21.1 Å². The third-order valence-electron chi connectivity index (χ3n) is 3.84. The van der Waals surface area contributed by atoms with E-state index in [0.29, 0.717) is 13.2 Å². The van der Waals surface area contributed by atoms with Crippen molar-refractivity contribution < 1.29 is 19.1 Å². The highest BCUT2D eigenvalue weighted by molar-refractivity contribution is 6.17. The number of esters is 2. The van der Waals surface area contributed by atoms with Crippen molar-refractivity contribution in [3.63, 3.8) is 0 Å². The van der Waals surface area contributed by atoms with E-state index in [9.17, 15) is 9.59 Å². The van der Waals surface area contributed by atoms with Crippen LogP contribution in [0.4, 0.5) is 0 Å². The van der Waals surface area contributed by atoms with Crippen LogP contribution in [0.3, 0.4) is 0 Å². The molecule has 5 heteroatoms. The Bertz CT molecular complexity index is 308. The lowest BCUT2D eigenvalue weighted by molar-refractivity contribution is -0.150. The molecule has 0 fully saturated rings. The van der Waals surface area contributed by atoms with Gasteiger partial charge in [-0.2, -0.15) is 0 Å². The van der Waals surface area contributed by atoms with Gasteiger partial charge in [-0.25, -0.2) is 0 Å². The first-order valence-electron chi connectivity index (χ1n) is 9.58. The van der Waals surface area contributed by atoms with E-state index in [1.165, 1.54) is 32.1 Å². The fraction of sp³-hybridized carbons (Fsp3) is 0.895. The Morgan fingerprint density at radius 1 is 0.667 bits per heavy atom. The smallest absolute Gasteiger partial charge is 0.306 e. The second kappa shape index (κ2) is 18.6. The van der Waals surface area contributed by atoms with Crippen LogP contribution in [0.1, 0.15) is 90.4 Å². The van der Waals surface area contributed by atoms with Gasteiger partial charge >= 0.3 is 11.9 Å². The van der Waals surface area contributed by atoms with Crippen LogP contribution in [0.25, 0.3) is 0 Å². The van der Waals surface area contributed by atoms with Gasteiger partial charge in [-0.05, 0) is 19.3 Å². The molecule has 0 bridgehead atoms. The lowest BCUT2D eigenvalue weighted by Gasteiger charge is -2.06. The zero-order valence-corrected chi connectivity index (χ0v) is 16.1. The summed E-state index contributed by atoms with van der Waals surface area (Å²) in [7, 11) is 0. The summed E-state index contributed by atoms with van der Waals surface area (Å²) in [6.07, 6.45) is 12.4. The minimum atomic E-state index is -0.308. The molecule has 0 rings (SSSR count). The maximum absolute atomic E-state index is 11.5. The maximum Gasteiger partial charge on any atom is 0.306 e. The van der Waals surface area contributed by atoms with Gasteiger partial charge < -0.3 is 9.47 Å². The Morgan fingerprint density at radius 3 is 1.54 bits per heavy atom. The van der Waals surface area contributed by atoms with E-state index in [1.807, 2.05) is 0 Å². The van der Waals surface area contributed by atoms with Crippen LogP contribution in [-0.2, 0) is 19.1 Å². The van der Waals surface area contributed by atoms with Crippen LogP contribution >= 0.6 is 11.6 Å². The number of unbranched alkanes of at least 4 members (excludes halogenated alkanes) is 9. The number of ether oxygens (including phenoxy) is 2. The molecule has 24 heavy (non-hydrogen) atoms. The van der Waals surface area contributed by atoms with E-state index < -0.39 is 0 Å². The first-order chi connectivity index (χ1) is 11.7. The van der Waals surface area contributed by atoms with E-state index in [-0.39, 0.29) is 24.8 Å². The predicted octanol–water partition coefficient (Wildman–Crippen LogP) is 5.40. The molecule has 0 saturated heterocycles. The summed E-state index contributed by atoms with van der Waals surface area (Å²) in [5, 5.41) is 0. The summed E-state index contributed by atoms with van der Waals surface area (Å²) < 4.78 is 10.2. The van der Waals surface area contributed by atoms with E-state index in [2.05, 4.69) is 6.92 Å². The molecule has 0 saturated carbocycles. The predicted molar refractivity (Wildman–Crippen MR) is 98.3 cm³/mol. The van der Waals surface area contributed by atoms with Gasteiger partial charge in [0.05, 0.1) is 26.1 Å². The van der Waals surface area contributed by atoms with Gasteiger partial charge in [0, 0.05) is 5.88 Å². The van der Waals surface area contributed by atoms with Gasteiger partial charge in [-0.3, -0.25) is 9.59 Å². The van der Waals surface area contributed by atoms with Crippen LogP contribution in [0, 0.1) is 0 Å². The van der Waals surface area contributed by atoms with Crippen LogP contribution < -0.4 is 0 Å². The SMILES string of the molecule is CCCCCCCOC(=O)CCC(=O)OCCCCCCCCCl. The number of carbonyl (C=O) groups excluding carboxylic acids is 2. The van der Waals surface area contributed by atoms with Crippen LogP contribution in [0.5, 0.6) is 0 Å². The van der Waals surface area contributed by atoms with Crippen LogP contribution in [-0.4, -0.2) is 31.0 Å². The molecule has 0 amide bonds. The molecule has 0 aromatic rings. The van der Waals surface area contributed by atoms with Gasteiger partial charge in [-0.15, -0.1) is 11.6 Å². The minimum Gasteiger partial charge on any atom is -0.466 e. The molecule has 0 unspecified atom stereocenters. The summed E-state index contributed by atoms with van der Waals surface area (Å²) in [5.41, 5.74) is 0. The van der Waals surface area contributed by atoms with Crippen molar-refractivity contribution in [1.82, 2.24) is 0 Å². The Balaban J connectivity index is 3.34. The summed E-state index contributed by atoms with van der Waals surface area (Å²) in [6.45, 7) is 3.07. The molecule has 0 N–H and O–H groups in total. The molecule has 0 heterocycles. The Kier molecular flexibility index (Phi) is 18.0. The molecule has 4 nitrogen and oxygen atoms in total. The first kappa shape index (κ1) is 23.2. The van der Waals surface area contributed by atoms with Crippen LogP contribution in [0.15, 0.2) is 0 Å². The molecule has 0 atom stereocenters. The number of carbonyl (C=O) groups is 2. The Hall–Kier alpha value is -0.770. The lowest BCUT2D eigenvalue weighted by Crippen LogP contribution is -2.11. The summed E-state index contributed by atoms with van der Waals surface area (Å²) in [5.74, 6) is 0.123.